The van der Waals surface area contributed by atoms with E-state index in [0.717, 1.165) is 36.1 Å². The molecule has 3 rings (SSSR count). The topological polar surface area (TPSA) is 43.8 Å². The lowest BCUT2D eigenvalue weighted by Gasteiger charge is -2.17. The highest BCUT2D eigenvalue weighted by Crippen LogP contribution is 2.36. The molecule has 1 aliphatic carbocycles. The van der Waals surface area contributed by atoms with Gasteiger partial charge in [0.2, 0.25) is 0 Å². The largest absolute Gasteiger partial charge is 0.328 e. The Bertz CT molecular complexity index is 603. The van der Waals surface area contributed by atoms with Crippen LogP contribution in [0.4, 0.5) is 4.39 Å². The fraction of sp³-hybridized carbons (Fsp3) is 0.533. The van der Waals surface area contributed by atoms with Crippen LogP contribution in [-0.2, 0) is 0 Å². The summed E-state index contributed by atoms with van der Waals surface area (Å²) in [5.74, 6) is 1.26. The Hall–Kier alpha value is -1.42. The molecular weight excluding hydrogens is 241 g/mol. The fourth-order valence-electron chi connectivity index (χ4n) is 3.17. The molecule has 1 aromatic heterocycles. The number of rotatable bonds is 2. The average molecular weight is 261 g/mol. The van der Waals surface area contributed by atoms with E-state index in [2.05, 4.69) is 23.4 Å². The molecule has 4 heteroatoms. The van der Waals surface area contributed by atoms with Gasteiger partial charge in [-0.25, -0.2) is 9.37 Å². The minimum atomic E-state index is -0.226. The highest BCUT2D eigenvalue weighted by Gasteiger charge is 2.28. The van der Waals surface area contributed by atoms with E-state index in [4.69, 9.17) is 5.73 Å². The van der Waals surface area contributed by atoms with Gasteiger partial charge in [-0.1, -0.05) is 0 Å². The smallest absolute Gasteiger partial charge is 0.125 e. The Morgan fingerprint density at radius 1 is 1.37 bits per heavy atom. The van der Waals surface area contributed by atoms with Gasteiger partial charge in [-0.15, -0.1) is 0 Å². The number of nitrogens with zero attached hydrogens (tertiary/aromatic N) is 2. The third kappa shape index (κ3) is 2.14. The molecule has 19 heavy (non-hydrogen) atoms. The van der Waals surface area contributed by atoms with E-state index >= 15 is 0 Å². The van der Waals surface area contributed by atoms with Crippen LogP contribution in [0.25, 0.3) is 11.0 Å². The summed E-state index contributed by atoms with van der Waals surface area (Å²) in [5, 5.41) is 0. The van der Waals surface area contributed by atoms with Crippen molar-refractivity contribution in [3.05, 3.63) is 29.8 Å². The van der Waals surface area contributed by atoms with Gasteiger partial charge >= 0.3 is 0 Å². The quantitative estimate of drug-likeness (QED) is 0.901. The molecule has 0 spiro atoms. The van der Waals surface area contributed by atoms with Crippen LogP contribution < -0.4 is 5.73 Å². The highest BCUT2D eigenvalue weighted by atomic mass is 19.1. The van der Waals surface area contributed by atoms with Crippen molar-refractivity contribution in [1.29, 1.82) is 0 Å². The van der Waals surface area contributed by atoms with E-state index in [9.17, 15) is 4.39 Å². The van der Waals surface area contributed by atoms with Gasteiger partial charge in [-0.05, 0) is 45.2 Å². The van der Waals surface area contributed by atoms with Gasteiger partial charge in [0, 0.05) is 24.1 Å². The summed E-state index contributed by atoms with van der Waals surface area (Å²) in [6.45, 7) is 4.28. The second-order valence-electron chi connectivity index (χ2n) is 5.84. The molecule has 1 aromatic carbocycles. The van der Waals surface area contributed by atoms with Crippen molar-refractivity contribution in [3.63, 3.8) is 0 Å². The van der Waals surface area contributed by atoms with E-state index in [1.807, 2.05) is 6.07 Å². The molecule has 102 valence electrons. The molecule has 1 fully saturated rings. The van der Waals surface area contributed by atoms with Gasteiger partial charge in [0.05, 0.1) is 11.0 Å². The van der Waals surface area contributed by atoms with Crippen molar-refractivity contribution in [1.82, 2.24) is 9.55 Å². The maximum atomic E-state index is 13.3. The second-order valence-corrected chi connectivity index (χ2v) is 5.84. The number of imidazole rings is 1. The Labute approximate surface area is 112 Å². The van der Waals surface area contributed by atoms with E-state index in [-0.39, 0.29) is 11.9 Å². The van der Waals surface area contributed by atoms with Crippen molar-refractivity contribution in [2.24, 2.45) is 5.73 Å². The van der Waals surface area contributed by atoms with Crippen molar-refractivity contribution in [3.8, 4) is 0 Å². The van der Waals surface area contributed by atoms with Crippen LogP contribution in [0.1, 0.15) is 50.9 Å². The third-order valence-corrected chi connectivity index (χ3v) is 4.03. The maximum Gasteiger partial charge on any atom is 0.125 e. The van der Waals surface area contributed by atoms with Crippen molar-refractivity contribution in [2.75, 3.05) is 0 Å². The Balaban J connectivity index is 2.14. The lowest BCUT2D eigenvalue weighted by Crippen LogP contribution is -2.16. The molecule has 2 unspecified atom stereocenters. The first kappa shape index (κ1) is 12.6. The molecule has 1 aliphatic rings. The zero-order valence-electron chi connectivity index (χ0n) is 11.4. The van der Waals surface area contributed by atoms with E-state index in [1.165, 1.54) is 12.1 Å². The summed E-state index contributed by atoms with van der Waals surface area (Å²) in [5.41, 5.74) is 7.78. The molecule has 0 amide bonds. The molecule has 1 heterocycles. The predicted octanol–water partition coefficient (Wildman–Crippen LogP) is 3.35. The molecule has 0 bridgehead atoms. The third-order valence-electron chi connectivity index (χ3n) is 4.03. The number of hydrogen-bond acceptors (Lipinski definition) is 2. The monoisotopic (exact) mass is 261 g/mol. The Kier molecular flexibility index (Phi) is 3.05. The van der Waals surface area contributed by atoms with Crippen LogP contribution in [0.3, 0.4) is 0 Å². The fourth-order valence-corrected chi connectivity index (χ4v) is 3.17. The summed E-state index contributed by atoms with van der Waals surface area (Å²) in [4.78, 5) is 4.68. The normalized spacial score (nSPS) is 23.6. The molecular formula is C15H20FN3. The van der Waals surface area contributed by atoms with Crippen molar-refractivity contribution in [2.45, 2.75) is 51.1 Å². The van der Waals surface area contributed by atoms with Crippen LogP contribution in [-0.4, -0.2) is 15.6 Å². The molecule has 0 radical (unpaired) electrons. The SMILES string of the molecule is CC(C)n1c(C2CCC(N)C2)nc2cc(F)ccc21. The maximum absolute atomic E-state index is 13.3. The number of benzene rings is 1. The van der Waals surface area contributed by atoms with Crippen LogP contribution in [0.2, 0.25) is 0 Å². The van der Waals surface area contributed by atoms with Gasteiger partial charge in [0.25, 0.3) is 0 Å². The van der Waals surface area contributed by atoms with Gasteiger partial charge in [0.1, 0.15) is 11.6 Å². The van der Waals surface area contributed by atoms with Crippen LogP contribution in [0.5, 0.6) is 0 Å². The lowest BCUT2D eigenvalue weighted by atomic mass is 10.1. The average Bonchev–Trinajstić information content (AvgIpc) is 2.91. The van der Waals surface area contributed by atoms with Gasteiger partial charge in [-0.3, -0.25) is 0 Å². The van der Waals surface area contributed by atoms with Crippen LogP contribution in [0.15, 0.2) is 18.2 Å². The summed E-state index contributed by atoms with van der Waals surface area (Å²) >= 11 is 0. The number of fused-ring (bicyclic) bond motifs is 1. The van der Waals surface area contributed by atoms with Crippen molar-refractivity contribution < 1.29 is 4.39 Å². The summed E-state index contributed by atoms with van der Waals surface area (Å²) in [7, 11) is 0. The number of aromatic nitrogens is 2. The van der Waals surface area contributed by atoms with Crippen LogP contribution in [0, 0.1) is 5.82 Å². The minimum Gasteiger partial charge on any atom is -0.328 e. The summed E-state index contributed by atoms with van der Waals surface area (Å²) in [6.07, 6.45) is 3.12. The minimum absolute atomic E-state index is 0.226. The Morgan fingerprint density at radius 3 is 2.79 bits per heavy atom. The van der Waals surface area contributed by atoms with Gasteiger partial charge < -0.3 is 10.3 Å². The molecule has 0 saturated heterocycles. The molecule has 2 N–H and O–H groups in total. The van der Waals surface area contributed by atoms with E-state index in [1.54, 1.807) is 0 Å². The zero-order chi connectivity index (χ0) is 13.6. The van der Waals surface area contributed by atoms with Crippen molar-refractivity contribution >= 4 is 11.0 Å². The molecule has 0 aliphatic heterocycles. The van der Waals surface area contributed by atoms with Crippen LogP contribution >= 0.6 is 0 Å². The first-order chi connectivity index (χ1) is 9.06. The number of hydrogen-bond donors (Lipinski definition) is 1. The number of nitrogens with two attached hydrogens (primary N) is 1. The summed E-state index contributed by atoms with van der Waals surface area (Å²) in [6, 6.07) is 5.46. The van der Waals surface area contributed by atoms with Gasteiger partial charge in [0.15, 0.2) is 0 Å². The number of halogens is 1. The zero-order valence-corrected chi connectivity index (χ0v) is 11.4. The molecule has 3 nitrogen and oxygen atoms in total. The molecule has 1 saturated carbocycles. The predicted molar refractivity (Wildman–Crippen MR) is 74.6 cm³/mol. The Morgan fingerprint density at radius 2 is 2.16 bits per heavy atom. The first-order valence-corrected chi connectivity index (χ1v) is 6.99. The van der Waals surface area contributed by atoms with E-state index in [0.29, 0.717) is 12.0 Å². The standard InChI is InChI=1S/C15H20FN3/c1-9(2)19-14-6-4-11(16)8-13(14)18-15(19)10-3-5-12(17)7-10/h4,6,8-10,12H,3,5,7,17H2,1-2H3. The molecule has 2 atom stereocenters. The second kappa shape index (κ2) is 4.60. The van der Waals surface area contributed by atoms with E-state index < -0.39 is 0 Å². The highest BCUT2D eigenvalue weighted by molar-refractivity contribution is 5.76. The molecule has 2 aromatic rings. The lowest BCUT2D eigenvalue weighted by molar-refractivity contribution is 0.536. The summed E-state index contributed by atoms with van der Waals surface area (Å²) < 4.78 is 15.6. The van der Waals surface area contributed by atoms with Gasteiger partial charge in [-0.2, -0.15) is 0 Å². The first-order valence-electron chi connectivity index (χ1n) is 6.99.